The van der Waals surface area contributed by atoms with Crippen LogP contribution < -0.4 is 10.1 Å². The van der Waals surface area contributed by atoms with Crippen LogP contribution in [0.5, 0.6) is 5.75 Å². The predicted octanol–water partition coefficient (Wildman–Crippen LogP) is 3.62. The minimum atomic E-state index is -0.859. The lowest BCUT2D eigenvalue weighted by molar-refractivity contribution is -0.146. The number of Topliss-reactive ketones (excluding diaryl/α,β-unsaturated/α-hetero) is 1. The molecule has 0 heterocycles. The van der Waals surface area contributed by atoms with Gasteiger partial charge in [0.25, 0.3) is 0 Å². The predicted molar refractivity (Wildman–Crippen MR) is 102 cm³/mol. The van der Waals surface area contributed by atoms with Crippen molar-refractivity contribution in [1.82, 2.24) is 0 Å². The number of methoxy groups -OCH3 is 1. The zero-order chi connectivity index (χ0) is 19.6. The van der Waals surface area contributed by atoms with Crippen LogP contribution in [-0.4, -0.2) is 30.9 Å². The van der Waals surface area contributed by atoms with E-state index in [0.29, 0.717) is 23.4 Å². The minimum absolute atomic E-state index is 0.0613. The highest BCUT2D eigenvalue weighted by atomic mass is 16.5. The Hall–Kier alpha value is -3.15. The molecule has 27 heavy (non-hydrogen) atoms. The van der Waals surface area contributed by atoms with Crippen molar-refractivity contribution in [3.8, 4) is 5.75 Å². The van der Waals surface area contributed by atoms with E-state index in [4.69, 9.17) is 9.47 Å². The molecule has 6 heteroatoms. The molecule has 0 aliphatic heterocycles. The lowest BCUT2D eigenvalue weighted by Gasteiger charge is -2.12. The second-order valence-electron chi connectivity index (χ2n) is 5.96. The van der Waals surface area contributed by atoms with E-state index >= 15 is 0 Å². The van der Waals surface area contributed by atoms with Gasteiger partial charge in [0.2, 0.25) is 11.7 Å². The quantitative estimate of drug-likeness (QED) is 0.539. The van der Waals surface area contributed by atoms with Crippen molar-refractivity contribution >= 4 is 23.3 Å². The van der Waals surface area contributed by atoms with E-state index in [1.165, 1.54) is 7.11 Å². The lowest BCUT2D eigenvalue weighted by Crippen LogP contribution is -2.24. The Bertz CT molecular complexity index is 788. The Morgan fingerprint density at radius 3 is 2.33 bits per heavy atom. The first kappa shape index (κ1) is 20.2. The van der Waals surface area contributed by atoms with Crippen LogP contribution >= 0.6 is 0 Å². The smallest absolute Gasteiger partial charge is 0.306 e. The van der Waals surface area contributed by atoms with Gasteiger partial charge in [0.1, 0.15) is 5.75 Å². The Kier molecular flexibility index (Phi) is 7.55. The number of ether oxygens (including phenoxy) is 2. The van der Waals surface area contributed by atoms with Crippen LogP contribution in [0.4, 0.5) is 5.69 Å². The minimum Gasteiger partial charge on any atom is -0.495 e. The molecule has 0 unspecified atom stereocenters. The number of benzene rings is 2. The fourth-order valence-corrected chi connectivity index (χ4v) is 2.50. The maximum atomic E-state index is 12.2. The van der Waals surface area contributed by atoms with Gasteiger partial charge in [-0.25, -0.2) is 0 Å². The molecular weight excluding hydrogens is 346 g/mol. The Morgan fingerprint density at radius 1 is 0.963 bits per heavy atom. The highest BCUT2D eigenvalue weighted by Crippen LogP contribution is 2.23. The molecule has 0 fully saturated rings. The largest absolute Gasteiger partial charge is 0.495 e. The van der Waals surface area contributed by atoms with Crippen LogP contribution in [0.1, 0.15) is 36.5 Å². The highest BCUT2D eigenvalue weighted by Gasteiger charge is 2.19. The van der Waals surface area contributed by atoms with E-state index in [9.17, 15) is 14.4 Å². The molecule has 0 aromatic heterocycles. The van der Waals surface area contributed by atoms with Crippen molar-refractivity contribution in [3.05, 3.63) is 60.2 Å². The fourth-order valence-electron chi connectivity index (χ4n) is 2.50. The highest BCUT2D eigenvalue weighted by molar-refractivity contribution is 6.00. The van der Waals surface area contributed by atoms with Crippen molar-refractivity contribution in [1.29, 1.82) is 0 Å². The van der Waals surface area contributed by atoms with Crippen molar-refractivity contribution in [2.45, 2.75) is 32.3 Å². The number of carbonyl (C=O) groups excluding carboxylic acids is 3. The van der Waals surface area contributed by atoms with E-state index in [2.05, 4.69) is 5.32 Å². The molecule has 0 radical (unpaired) electrons. The summed E-state index contributed by atoms with van der Waals surface area (Å²) in [6.07, 6.45) is -0.311. The molecule has 0 saturated heterocycles. The van der Waals surface area contributed by atoms with Gasteiger partial charge in [-0.15, -0.1) is 0 Å². The summed E-state index contributed by atoms with van der Waals surface area (Å²) in [5.74, 6) is -0.408. The summed E-state index contributed by atoms with van der Waals surface area (Å²) >= 11 is 0. The second-order valence-corrected chi connectivity index (χ2v) is 5.96. The SMILES string of the molecule is COc1ccccc1NC(=O)CCCC(=O)O[C@@H](C)C(=O)c1ccccc1. The van der Waals surface area contributed by atoms with Gasteiger partial charge in [-0.05, 0) is 25.5 Å². The van der Waals surface area contributed by atoms with Gasteiger partial charge >= 0.3 is 5.97 Å². The number of amides is 1. The normalized spacial score (nSPS) is 11.3. The van der Waals surface area contributed by atoms with Gasteiger partial charge in [-0.1, -0.05) is 42.5 Å². The summed E-state index contributed by atoms with van der Waals surface area (Å²) in [6, 6.07) is 15.8. The number of hydrogen-bond donors (Lipinski definition) is 1. The third kappa shape index (κ3) is 6.26. The van der Waals surface area contributed by atoms with Crippen LogP contribution in [0.3, 0.4) is 0 Å². The molecule has 142 valence electrons. The van der Waals surface area contributed by atoms with Crippen molar-refractivity contribution in [2.75, 3.05) is 12.4 Å². The summed E-state index contributed by atoms with van der Waals surface area (Å²) < 4.78 is 10.3. The third-order valence-electron chi connectivity index (χ3n) is 3.90. The van der Waals surface area contributed by atoms with Gasteiger partial charge in [0, 0.05) is 18.4 Å². The van der Waals surface area contributed by atoms with Gasteiger partial charge in [0.05, 0.1) is 12.8 Å². The number of esters is 1. The molecule has 0 bridgehead atoms. The summed E-state index contributed by atoms with van der Waals surface area (Å²) in [4.78, 5) is 36.1. The lowest BCUT2D eigenvalue weighted by atomic mass is 10.1. The number of carbonyl (C=O) groups is 3. The molecule has 0 aliphatic rings. The zero-order valence-corrected chi connectivity index (χ0v) is 15.4. The molecule has 0 aliphatic carbocycles. The van der Waals surface area contributed by atoms with E-state index in [1.807, 2.05) is 12.1 Å². The summed E-state index contributed by atoms with van der Waals surface area (Å²) in [5, 5.41) is 2.75. The summed E-state index contributed by atoms with van der Waals surface area (Å²) in [7, 11) is 1.53. The summed E-state index contributed by atoms with van der Waals surface area (Å²) in [5.41, 5.74) is 1.07. The van der Waals surface area contributed by atoms with Crippen molar-refractivity contribution in [3.63, 3.8) is 0 Å². The number of hydrogen-bond acceptors (Lipinski definition) is 5. The van der Waals surface area contributed by atoms with E-state index < -0.39 is 12.1 Å². The molecule has 0 saturated carbocycles. The number of para-hydroxylation sites is 2. The maximum absolute atomic E-state index is 12.2. The second kappa shape index (κ2) is 10.1. The first-order valence-corrected chi connectivity index (χ1v) is 8.73. The molecule has 2 aromatic carbocycles. The standard InChI is InChI=1S/C21H23NO5/c1-15(21(25)16-9-4-3-5-10-16)27-20(24)14-8-13-19(23)22-17-11-6-7-12-18(17)26-2/h3-7,9-12,15H,8,13-14H2,1-2H3,(H,22,23)/t15-/m0/s1. The van der Waals surface area contributed by atoms with Gasteiger partial charge in [-0.3, -0.25) is 14.4 Å². The fraction of sp³-hybridized carbons (Fsp3) is 0.286. The molecule has 1 amide bonds. The number of anilines is 1. The molecule has 0 spiro atoms. The van der Waals surface area contributed by atoms with Crippen molar-refractivity contribution < 1.29 is 23.9 Å². The van der Waals surface area contributed by atoms with Gasteiger partial charge in [-0.2, -0.15) is 0 Å². The van der Waals surface area contributed by atoms with Crippen LogP contribution in [-0.2, 0) is 14.3 Å². The topological polar surface area (TPSA) is 81.7 Å². The van der Waals surface area contributed by atoms with Gasteiger partial charge in [0.15, 0.2) is 6.10 Å². The molecule has 1 atom stereocenters. The monoisotopic (exact) mass is 369 g/mol. The average molecular weight is 369 g/mol. The maximum Gasteiger partial charge on any atom is 0.306 e. The van der Waals surface area contributed by atoms with E-state index in [-0.39, 0.29) is 24.5 Å². The number of ketones is 1. The Labute approximate surface area is 158 Å². The number of rotatable bonds is 9. The average Bonchev–Trinajstić information content (AvgIpc) is 2.68. The van der Waals surface area contributed by atoms with Crippen LogP contribution in [0.25, 0.3) is 0 Å². The Morgan fingerprint density at radius 2 is 1.63 bits per heavy atom. The summed E-state index contributed by atoms with van der Waals surface area (Å²) in [6.45, 7) is 1.54. The van der Waals surface area contributed by atoms with Crippen LogP contribution in [0.15, 0.2) is 54.6 Å². The third-order valence-corrected chi connectivity index (χ3v) is 3.90. The molecule has 2 rings (SSSR count). The molecular formula is C21H23NO5. The Balaban J connectivity index is 1.74. The first-order valence-electron chi connectivity index (χ1n) is 8.73. The molecule has 1 N–H and O–H groups in total. The zero-order valence-electron chi connectivity index (χ0n) is 15.4. The molecule has 6 nitrogen and oxygen atoms in total. The van der Waals surface area contributed by atoms with E-state index in [1.54, 1.807) is 49.4 Å². The first-order chi connectivity index (χ1) is 13.0. The van der Waals surface area contributed by atoms with E-state index in [0.717, 1.165) is 0 Å². The van der Waals surface area contributed by atoms with Crippen LogP contribution in [0.2, 0.25) is 0 Å². The molecule has 2 aromatic rings. The van der Waals surface area contributed by atoms with Crippen LogP contribution in [0, 0.1) is 0 Å². The van der Waals surface area contributed by atoms with Crippen molar-refractivity contribution in [2.24, 2.45) is 0 Å². The number of nitrogens with one attached hydrogen (secondary N) is 1. The van der Waals surface area contributed by atoms with Gasteiger partial charge < -0.3 is 14.8 Å².